The van der Waals surface area contributed by atoms with Crippen LogP contribution in [0.15, 0.2) is 30.5 Å². The number of carbonyl (C=O) groups is 1. The molecule has 0 bridgehead atoms. The molecule has 11 heteroatoms. The van der Waals surface area contributed by atoms with Crippen LogP contribution in [0.5, 0.6) is 16.7 Å². The van der Waals surface area contributed by atoms with Gasteiger partial charge in [0.25, 0.3) is 5.19 Å². The maximum atomic E-state index is 12.0. The van der Waals surface area contributed by atoms with Crippen molar-refractivity contribution in [2.24, 2.45) is 5.92 Å². The summed E-state index contributed by atoms with van der Waals surface area (Å²) in [4.78, 5) is 17.1. The quantitative estimate of drug-likeness (QED) is 0.394. The van der Waals surface area contributed by atoms with Crippen LogP contribution in [0.2, 0.25) is 5.02 Å². The fraction of sp³-hybridized carbons (Fsp3) is 0.478. The fourth-order valence-corrected chi connectivity index (χ4v) is 4.35. The molecule has 1 saturated carbocycles. The molecule has 1 aromatic heterocycles. The molecular formula is C23H30ClN3O5S2. The topological polar surface area (TPSA) is 107 Å². The van der Waals surface area contributed by atoms with Gasteiger partial charge in [-0.2, -0.15) is 0 Å². The highest BCUT2D eigenvalue weighted by atomic mass is 35.5. The van der Waals surface area contributed by atoms with Gasteiger partial charge in [-0.3, -0.25) is 4.79 Å². The summed E-state index contributed by atoms with van der Waals surface area (Å²) in [6.45, 7) is 5.78. The minimum Gasteiger partial charge on any atom is -0.493 e. The maximum Gasteiger partial charge on any atom is 0.279 e. The van der Waals surface area contributed by atoms with Gasteiger partial charge < -0.3 is 14.8 Å². The van der Waals surface area contributed by atoms with Crippen LogP contribution in [0.3, 0.4) is 0 Å². The van der Waals surface area contributed by atoms with Crippen molar-refractivity contribution >= 4 is 44.9 Å². The number of amides is 1. The summed E-state index contributed by atoms with van der Waals surface area (Å²) in [6.07, 6.45) is 7.85. The lowest BCUT2D eigenvalue weighted by Gasteiger charge is -2.11. The van der Waals surface area contributed by atoms with E-state index in [1.807, 2.05) is 25.1 Å². The van der Waals surface area contributed by atoms with E-state index in [9.17, 15) is 13.2 Å². The zero-order valence-electron chi connectivity index (χ0n) is 19.4. The summed E-state index contributed by atoms with van der Waals surface area (Å²) >= 11 is 7.67. The Labute approximate surface area is 209 Å². The number of thiazole rings is 1. The lowest BCUT2D eigenvalue weighted by atomic mass is 10.2. The largest absolute Gasteiger partial charge is 0.493 e. The van der Waals surface area contributed by atoms with E-state index in [1.165, 1.54) is 24.2 Å². The van der Waals surface area contributed by atoms with Crippen molar-refractivity contribution in [1.82, 2.24) is 15.0 Å². The van der Waals surface area contributed by atoms with Crippen molar-refractivity contribution in [1.29, 1.82) is 0 Å². The van der Waals surface area contributed by atoms with Crippen molar-refractivity contribution < 1.29 is 22.7 Å². The van der Waals surface area contributed by atoms with Gasteiger partial charge in [0, 0.05) is 31.3 Å². The molecule has 34 heavy (non-hydrogen) atoms. The average Bonchev–Trinajstić information content (AvgIpc) is 3.49. The van der Waals surface area contributed by atoms with E-state index in [1.54, 1.807) is 32.2 Å². The first kappa shape index (κ1) is 26.5. The van der Waals surface area contributed by atoms with Gasteiger partial charge in [0.05, 0.1) is 21.8 Å². The normalized spacial score (nSPS) is 15.0. The first-order valence-electron chi connectivity index (χ1n) is 11.1. The predicted molar refractivity (Wildman–Crippen MR) is 135 cm³/mol. The Morgan fingerprint density at radius 1 is 1.32 bits per heavy atom. The monoisotopic (exact) mass is 527 g/mol. The average molecular weight is 528 g/mol. The second-order valence-electron chi connectivity index (χ2n) is 8.43. The van der Waals surface area contributed by atoms with E-state index < -0.39 is 15.3 Å². The van der Waals surface area contributed by atoms with Crippen molar-refractivity contribution in [2.45, 2.75) is 51.3 Å². The Balaban J connectivity index is 1.44. The van der Waals surface area contributed by atoms with Crippen LogP contribution in [-0.2, 0) is 14.8 Å². The molecule has 0 saturated heterocycles. The van der Waals surface area contributed by atoms with Gasteiger partial charge in [0.2, 0.25) is 15.9 Å². The van der Waals surface area contributed by atoms with Crippen molar-refractivity contribution in [3.8, 4) is 16.7 Å². The summed E-state index contributed by atoms with van der Waals surface area (Å²) in [5.41, 5.74) is 0. The molecule has 1 atom stereocenters. The third-order valence-corrected chi connectivity index (χ3v) is 7.98. The summed E-state index contributed by atoms with van der Waals surface area (Å²) in [5.74, 6) is 1.65. The number of nitrogens with zero attached hydrogens (tertiary/aromatic N) is 1. The Bertz CT molecular complexity index is 1110. The Kier molecular flexibility index (Phi) is 9.35. The molecule has 1 fully saturated rings. The second kappa shape index (κ2) is 12.0. The zero-order chi connectivity index (χ0) is 24.7. The molecule has 3 rings (SSSR count). The van der Waals surface area contributed by atoms with Gasteiger partial charge in [-0.25, -0.2) is 18.1 Å². The molecule has 2 N–H and O–H groups in total. The maximum absolute atomic E-state index is 12.0. The lowest BCUT2D eigenvalue weighted by molar-refractivity contribution is -0.121. The molecule has 1 amide bonds. The SMILES string of the molecule is CC(C)S(=O)(=O)NCCC(=O)N[C@@H](C)/C=C/c1cnc(Oc2ccc(OCC3CC3)cc2Cl)s1. The van der Waals surface area contributed by atoms with E-state index in [-0.39, 0.29) is 24.9 Å². The number of halogens is 1. The molecule has 2 aromatic rings. The number of ether oxygens (including phenoxy) is 2. The summed E-state index contributed by atoms with van der Waals surface area (Å²) < 4.78 is 37.4. The zero-order valence-corrected chi connectivity index (χ0v) is 21.8. The number of benzene rings is 1. The van der Waals surface area contributed by atoms with Crippen LogP contribution in [0.1, 0.15) is 44.9 Å². The highest BCUT2D eigenvalue weighted by Gasteiger charge is 2.22. The predicted octanol–water partition coefficient (Wildman–Crippen LogP) is 4.61. The van der Waals surface area contributed by atoms with E-state index in [4.69, 9.17) is 21.1 Å². The highest BCUT2D eigenvalue weighted by Crippen LogP contribution is 2.35. The standard InChI is InChI=1S/C23H30ClN3O5S2/c1-15(2)34(29,30)26-11-10-22(28)27-16(3)4-8-19-13-25-23(33-19)32-21-9-7-18(12-20(21)24)31-14-17-5-6-17/h4,7-9,12-13,15-17,26H,5-6,10-11,14H2,1-3H3,(H,27,28)/b8-4+/t16-/m0/s1. The minimum absolute atomic E-state index is 0.0633. The number of carbonyl (C=O) groups excluding carboxylic acids is 1. The number of hydrogen-bond acceptors (Lipinski definition) is 7. The third kappa shape index (κ3) is 8.57. The third-order valence-electron chi connectivity index (χ3n) is 5.00. The van der Waals surface area contributed by atoms with Gasteiger partial charge in [-0.1, -0.05) is 29.0 Å². The molecule has 1 aliphatic carbocycles. The van der Waals surface area contributed by atoms with Crippen LogP contribution in [0, 0.1) is 5.92 Å². The molecule has 1 heterocycles. The van der Waals surface area contributed by atoms with Crippen molar-refractivity contribution in [3.05, 3.63) is 40.4 Å². The van der Waals surface area contributed by atoms with Crippen LogP contribution < -0.4 is 19.5 Å². The highest BCUT2D eigenvalue weighted by molar-refractivity contribution is 7.90. The molecule has 0 spiro atoms. The van der Waals surface area contributed by atoms with Gasteiger partial charge >= 0.3 is 0 Å². The fourth-order valence-electron chi connectivity index (χ4n) is 2.73. The molecule has 1 aliphatic rings. The van der Waals surface area contributed by atoms with Crippen LogP contribution in [0.25, 0.3) is 6.08 Å². The number of sulfonamides is 1. The van der Waals surface area contributed by atoms with Crippen molar-refractivity contribution in [2.75, 3.05) is 13.2 Å². The van der Waals surface area contributed by atoms with Crippen LogP contribution >= 0.6 is 22.9 Å². The number of aromatic nitrogens is 1. The Hall–Kier alpha value is -2.14. The molecule has 8 nitrogen and oxygen atoms in total. The number of nitrogens with one attached hydrogen (secondary N) is 2. The Morgan fingerprint density at radius 2 is 2.09 bits per heavy atom. The van der Waals surface area contributed by atoms with Crippen molar-refractivity contribution in [3.63, 3.8) is 0 Å². The van der Waals surface area contributed by atoms with E-state index in [2.05, 4.69) is 15.0 Å². The first-order valence-corrected chi connectivity index (χ1v) is 13.9. The van der Waals surface area contributed by atoms with E-state index in [0.717, 1.165) is 10.6 Å². The summed E-state index contributed by atoms with van der Waals surface area (Å²) in [5, 5.41) is 3.17. The van der Waals surface area contributed by atoms with Gasteiger partial charge in [0.1, 0.15) is 11.5 Å². The van der Waals surface area contributed by atoms with Crippen LogP contribution in [-0.4, -0.2) is 43.8 Å². The molecule has 0 radical (unpaired) electrons. The molecule has 0 aliphatic heterocycles. The lowest BCUT2D eigenvalue weighted by Crippen LogP contribution is -2.36. The second-order valence-corrected chi connectivity index (χ2v) is 12.2. The first-order chi connectivity index (χ1) is 16.1. The van der Waals surface area contributed by atoms with E-state index in [0.29, 0.717) is 28.5 Å². The minimum atomic E-state index is -3.37. The molecule has 1 aromatic carbocycles. The summed E-state index contributed by atoms with van der Waals surface area (Å²) in [7, 11) is -3.37. The van der Waals surface area contributed by atoms with E-state index >= 15 is 0 Å². The number of rotatable bonds is 13. The summed E-state index contributed by atoms with van der Waals surface area (Å²) in [6, 6.07) is 5.10. The Morgan fingerprint density at radius 3 is 2.76 bits per heavy atom. The van der Waals surface area contributed by atoms with Gasteiger partial charge in [-0.05, 0) is 57.7 Å². The van der Waals surface area contributed by atoms with Gasteiger partial charge in [-0.15, -0.1) is 0 Å². The smallest absolute Gasteiger partial charge is 0.279 e. The molecule has 0 unspecified atom stereocenters. The van der Waals surface area contributed by atoms with Crippen LogP contribution in [0.4, 0.5) is 0 Å². The van der Waals surface area contributed by atoms with Gasteiger partial charge in [0.15, 0.2) is 0 Å². The number of hydrogen-bond donors (Lipinski definition) is 2. The molecular weight excluding hydrogens is 498 g/mol. The molecule has 186 valence electrons.